The van der Waals surface area contributed by atoms with Crippen molar-refractivity contribution < 1.29 is 4.79 Å². The predicted molar refractivity (Wildman–Crippen MR) is 100 cm³/mol. The third kappa shape index (κ3) is 3.79. The molecule has 1 aromatic carbocycles. The van der Waals surface area contributed by atoms with E-state index < -0.39 is 0 Å². The lowest BCUT2D eigenvalue weighted by molar-refractivity contribution is 0.242. The first-order valence-electron chi connectivity index (χ1n) is 8.98. The number of pyridine rings is 1. The normalized spacial score (nSPS) is 15.8. The van der Waals surface area contributed by atoms with Crippen molar-refractivity contribution >= 4 is 11.8 Å². The minimum Gasteiger partial charge on any atom is -0.331 e. The van der Waals surface area contributed by atoms with E-state index >= 15 is 0 Å². The summed E-state index contributed by atoms with van der Waals surface area (Å²) >= 11 is 0. The van der Waals surface area contributed by atoms with Gasteiger partial charge in [-0.05, 0) is 53.3 Å². The molecule has 0 bridgehead atoms. The minimum absolute atomic E-state index is 0.0347. The van der Waals surface area contributed by atoms with Crippen LogP contribution in [0.5, 0.6) is 0 Å². The van der Waals surface area contributed by atoms with Gasteiger partial charge in [-0.15, -0.1) is 10.2 Å². The van der Waals surface area contributed by atoms with Gasteiger partial charge in [0.2, 0.25) is 0 Å². The number of hydrogen-bond acceptors (Lipinski definition) is 5. The summed E-state index contributed by atoms with van der Waals surface area (Å²) in [5, 5.41) is 14.7. The number of fused-ring (bicyclic) bond motifs is 1. The fourth-order valence-electron chi connectivity index (χ4n) is 3.42. The Morgan fingerprint density at radius 2 is 2.22 bits per heavy atom. The second-order valence-corrected chi connectivity index (χ2v) is 6.64. The molecule has 8 heteroatoms. The summed E-state index contributed by atoms with van der Waals surface area (Å²) in [7, 11) is 1.73. The lowest BCUT2D eigenvalue weighted by Crippen LogP contribution is -2.40. The Morgan fingerprint density at radius 3 is 3.07 bits per heavy atom. The van der Waals surface area contributed by atoms with Gasteiger partial charge in [-0.2, -0.15) is 4.80 Å². The molecule has 1 aliphatic rings. The van der Waals surface area contributed by atoms with Crippen molar-refractivity contribution in [1.82, 2.24) is 30.5 Å². The van der Waals surface area contributed by atoms with Gasteiger partial charge in [0.15, 0.2) is 6.33 Å². The van der Waals surface area contributed by atoms with Gasteiger partial charge in [0.05, 0.1) is 12.6 Å². The smallest absolute Gasteiger partial charge is 0.323 e. The number of carbonyl (C=O) groups is 1. The van der Waals surface area contributed by atoms with Crippen LogP contribution in [0, 0.1) is 0 Å². The molecule has 1 aliphatic carbocycles. The van der Waals surface area contributed by atoms with E-state index in [0.29, 0.717) is 12.4 Å². The summed E-state index contributed by atoms with van der Waals surface area (Å²) in [6, 6.07) is 11.9. The van der Waals surface area contributed by atoms with E-state index in [0.717, 1.165) is 24.8 Å². The highest BCUT2D eigenvalue weighted by Crippen LogP contribution is 2.29. The van der Waals surface area contributed by atoms with Crippen LogP contribution in [0.3, 0.4) is 0 Å². The van der Waals surface area contributed by atoms with E-state index in [-0.39, 0.29) is 12.1 Å². The number of carbonyl (C=O) groups excluding carboxylic acids is 1. The molecule has 27 heavy (non-hydrogen) atoms. The number of benzene rings is 1. The molecule has 2 aromatic heterocycles. The molecule has 1 atom stereocenters. The highest BCUT2D eigenvalue weighted by Gasteiger charge is 2.23. The maximum Gasteiger partial charge on any atom is 0.323 e. The van der Waals surface area contributed by atoms with E-state index in [1.807, 2.05) is 18.2 Å². The Balaban J connectivity index is 1.47. The van der Waals surface area contributed by atoms with Crippen LogP contribution in [0.15, 0.2) is 48.9 Å². The molecule has 1 N–H and O–H groups in total. The number of aromatic nitrogens is 5. The van der Waals surface area contributed by atoms with Crippen LogP contribution in [0.25, 0.3) is 0 Å². The second-order valence-electron chi connectivity index (χ2n) is 6.64. The Kier molecular flexibility index (Phi) is 4.78. The average molecular weight is 363 g/mol. The van der Waals surface area contributed by atoms with Gasteiger partial charge in [-0.25, -0.2) is 9.78 Å². The van der Waals surface area contributed by atoms with Crippen molar-refractivity contribution in [3.63, 3.8) is 0 Å². The first-order valence-corrected chi connectivity index (χ1v) is 8.98. The third-order valence-corrected chi connectivity index (χ3v) is 4.84. The van der Waals surface area contributed by atoms with Crippen LogP contribution in [0.1, 0.15) is 35.6 Å². The Hall–Kier alpha value is -3.29. The van der Waals surface area contributed by atoms with E-state index in [1.54, 1.807) is 13.2 Å². The van der Waals surface area contributed by atoms with Crippen LogP contribution < -0.4 is 10.2 Å². The van der Waals surface area contributed by atoms with Gasteiger partial charge in [-0.3, -0.25) is 4.90 Å². The quantitative estimate of drug-likeness (QED) is 0.768. The number of tetrazole rings is 1. The molecule has 0 saturated carbocycles. The molecule has 0 saturated heterocycles. The van der Waals surface area contributed by atoms with Gasteiger partial charge in [0, 0.05) is 13.2 Å². The Labute approximate surface area is 157 Å². The van der Waals surface area contributed by atoms with E-state index in [1.165, 1.54) is 27.2 Å². The molecule has 0 radical (unpaired) electrons. The van der Waals surface area contributed by atoms with Crippen molar-refractivity contribution in [1.29, 1.82) is 0 Å². The highest BCUT2D eigenvalue weighted by atomic mass is 16.2. The molecule has 0 unspecified atom stereocenters. The number of urea groups is 1. The Morgan fingerprint density at radius 1 is 1.33 bits per heavy atom. The largest absolute Gasteiger partial charge is 0.331 e. The summed E-state index contributed by atoms with van der Waals surface area (Å²) in [5.74, 6) is 0.578. The molecular formula is C19H21N7O. The van der Waals surface area contributed by atoms with Gasteiger partial charge in [-0.1, -0.05) is 24.3 Å². The zero-order valence-electron chi connectivity index (χ0n) is 15.1. The topological polar surface area (TPSA) is 88.8 Å². The molecule has 0 fully saturated rings. The second kappa shape index (κ2) is 7.53. The number of amides is 2. The van der Waals surface area contributed by atoms with Crippen molar-refractivity contribution in [2.45, 2.75) is 31.8 Å². The molecule has 138 valence electrons. The molecule has 8 nitrogen and oxygen atoms in total. The van der Waals surface area contributed by atoms with Crippen LogP contribution in [-0.2, 0) is 13.0 Å². The first kappa shape index (κ1) is 17.1. The summed E-state index contributed by atoms with van der Waals surface area (Å²) in [6.45, 7) is 0.473. The van der Waals surface area contributed by atoms with Gasteiger partial charge in [0.1, 0.15) is 5.82 Å². The number of rotatable bonds is 4. The first-order chi connectivity index (χ1) is 13.2. The molecule has 3 aromatic rings. The SMILES string of the molecule is CN(C(=O)N[C@@H]1CCCc2ccccc21)c1cc(Cn2ncnn2)ccn1. The predicted octanol–water partition coefficient (Wildman–Crippen LogP) is 2.34. The monoisotopic (exact) mass is 363 g/mol. The molecule has 2 heterocycles. The number of nitrogens with one attached hydrogen (secondary N) is 1. The standard InChI is InChI=1S/C19H21N7O/c1-25(18-11-14(9-10-20-18)12-26-22-13-21-24-26)19(27)23-17-8-4-6-15-5-2-3-7-16(15)17/h2-3,5,7,9-11,13,17H,4,6,8,12H2,1H3,(H,23,27)/t17-/m1/s1. The fourth-order valence-corrected chi connectivity index (χ4v) is 3.42. The maximum atomic E-state index is 12.8. The van der Waals surface area contributed by atoms with Crippen LogP contribution in [-0.4, -0.2) is 38.3 Å². The summed E-state index contributed by atoms with van der Waals surface area (Å²) < 4.78 is 0. The molecule has 0 spiro atoms. The van der Waals surface area contributed by atoms with E-state index in [4.69, 9.17) is 0 Å². The maximum absolute atomic E-state index is 12.8. The van der Waals surface area contributed by atoms with Gasteiger partial charge >= 0.3 is 6.03 Å². The van der Waals surface area contributed by atoms with E-state index in [9.17, 15) is 4.79 Å². The summed E-state index contributed by atoms with van der Waals surface area (Å²) in [5.41, 5.74) is 3.47. The molecule has 2 amide bonds. The number of hydrogen-bond donors (Lipinski definition) is 1. The van der Waals surface area contributed by atoms with Gasteiger partial charge < -0.3 is 5.32 Å². The Bertz CT molecular complexity index is 925. The zero-order valence-corrected chi connectivity index (χ0v) is 15.1. The average Bonchev–Trinajstić information content (AvgIpc) is 3.21. The van der Waals surface area contributed by atoms with Crippen molar-refractivity contribution in [3.05, 3.63) is 65.6 Å². The molecular weight excluding hydrogens is 342 g/mol. The van der Waals surface area contributed by atoms with Crippen molar-refractivity contribution in [3.8, 4) is 0 Å². The molecule has 4 rings (SSSR count). The summed E-state index contributed by atoms with van der Waals surface area (Å²) in [4.78, 5) is 20.1. The van der Waals surface area contributed by atoms with E-state index in [2.05, 4.69) is 43.9 Å². The number of nitrogens with zero attached hydrogens (tertiary/aromatic N) is 6. The zero-order chi connectivity index (χ0) is 18.6. The highest BCUT2D eigenvalue weighted by molar-refractivity contribution is 5.90. The number of anilines is 1. The summed E-state index contributed by atoms with van der Waals surface area (Å²) in [6.07, 6.45) is 6.16. The van der Waals surface area contributed by atoms with Gasteiger partial charge in [0.25, 0.3) is 0 Å². The van der Waals surface area contributed by atoms with Crippen LogP contribution in [0.4, 0.5) is 10.6 Å². The number of aryl methyl sites for hydroxylation is 1. The third-order valence-electron chi connectivity index (χ3n) is 4.84. The van der Waals surface area contributed by atoms with Crippen LogP contribution >= 0.6 is 0 Å². The minimum atomic E-state index is -0.166. The lowest BCUT2D eigenvalue weighted by Gasteiger charge is -2.28. The molecule has 0 aliphatic heterocycles. The lowest BCUT2D eigenvalue weighted by atomic mass is 9.88. The van der Waals surface area contributed by atoms with Crippen molar-refractivity contribution in [2.75, 3.05) is 11.9 Å². The fraction of sp³-hybridized carbons (Fsp3) is 0.316. The van der Waals surface area contributed by atoms with Crippen molar-refractivity contribution in [2.24, 2.45) is 0 Å². The van der Waals surface area contributed by atoms with Crippen LogP contribution in [0.2, 0.25) is 0 Å².